The van der Waals surface area contributed by atoms with Gasteiger partial charge in [-0.25, -0.2) is 0 Å². The lowest BCUT2D eigenvalue weighted by atomic mass is 9.88. The Morgan fingerprint density at radius 1 is 1.64 bits per heavy atom. The van der Waals surface area contributed by atoms with Crippen LogP contribution in [0.3, 0.4) is 0 Å². The first-order valence-corrected chi connectivity index (χ1v) is 5.19. The van der Waals surface area contributed by atoms with E-state index in [0.717, 1.165) is 26.0 Å². The minimum absolute atomic E-state index is 0.157. The van der Waals surface area contributed by atoms with Gasteiger partial charge < -0.3 is 19.9 Å². The van der Waals surface area contributed by atoms with E-state index in [4.69, 9.17) is 9.47 Å². The summed E-state index contributed by atoms with van der Waals surface area (Å²) in [5.41, 5.74) is -0.157. The van der Waals surface area contributed by atoms with E-state index in [9.17, 15) is 5.11 Å². The molecule has 0 aliphatic carbocycles. The van der Waals surface area contributed by atoms with Gasteiger partial charge >= 0.3 is 0 Å². The van der Waals surface area contributed by atoms with E-state index in [1.54, 1.807) is 7.11 Å². The molecule has 2 atom stereocenters. The van der Waals surface area contributed by atoms with Crippen LogP contribution in [0.5, 0.6) is 0 Å². The van der Waals surface area contributed by atoms with E-state index in [0.29, 0.717) is 6.61 Å². The van der Waals surface area contributed by atoms with E-state index in [2.05, 4.69) is 5.32 Å². The molecule has 0 radical (unpaired) electrons. The van der Waals surface area contributed by atoms with Gasteiger partial charge in [-0.3, -0.25) is 0 Å². The van der Waals surface area contributed by atoms with Gasteiger partial charge in [-0.05, 0) is 19.8 Å². The summed E-state index contributed by atoms with van der Waals surface area (Å²) in [7, 11) is 1.68. The molecule has 4 nitrogen and oxygen atoms in total. The zero-order valence-corrected chi connectivity index (χ0v) is 9.08. The highest BCUT2D eigenvalue weighted by Gasteiger charge is 2.34. The molecule has 1 aliphatic rings. The first-order chi connectivity index (χ1) is 6.72. The second-order valence-corrected chi connectivity index (χ2v) is 3.99. The Bertz CT molecular complexity index is 165. The van der Waals surface area contributed by atoms with Gasteiger partial charge in [0.25, 0.3) is 0 Å². The van der Waals surface area contributed by atoms with E-state index in [-0.39, 0.29) is 18.2 Å². The number of methoxy groups -OCH3 is 1. The Hall–Kier alpha value is -0.160. The Balaban J connectivity index is 2.39. The van der Waals surface area contributed by atoms with Gasteiger partial charge in [0, 0.05) is 25.8 Å². The third-order valence-electron chi connectivity index (χ3n) is 2.77. The molecular weight excluding hydrogens is 182 g/mol. The summed E-state index contributed by atoms with van der Waals surface area (Å²) in [4.78, 5) is 0. The van der Waals surface area contributed by atoms with Crippen LogP contribution in [-0.2, 0) is 9.47 Å². The van der Waals surface area contributed by atoms with Crippen LogP contribution in [-0.4, -0.2) is 50.2 Å². The van der Waals surface area contributed by atoms with Gasteiger partial charge in [0.2, 0.25) is 0 Å². The fourth-order valence-electron chi connectivity index (χ4n) is 1.95. The number of aliphatic hydroxyl groups is 1. The summed E-state index contributed by atoms with van der Waals surface area (Å²) in [5, 5.41) is 12.8. The average Bonchev–Trinajstić information content (AvgIpc) is 2.18. The first-order valence-electron chi connectivity index (χ1n) is 5.19. The van der Waals surface area contributed by atoms with Crippen LogP contribution in [0.4, 0.5) is 0 Å². The number of hydrogen-bond donors (Lipinski definition) is 2. The zero-order valence-electron chi connectivity index (χ0n) is 9.08. The summed E-state index contributed by atoms with van der Waals surface area (Å²) in [6.45, 7) is 4.40. The zero-order chi connectivity index (χ0) is 10.4. The number of nitrogens with one attached hydrogen (secondary N) is 1. The van der Waals surface area contributed by atoms with Crippen LogP contribution in [0, 0.1) is 0 Å². The lowest BCUT2D eigenvalue weighted by Gasteiger charge is -2.39. The predicted octanol–water partition coefficient (Wildman–Crippen LogP) is 0.152. The smallest absolute Gasteiger partial charge is 0.0615 e. The fraction of sp³-hybridized carbons (Fsp3) is 1.00. The molecule has 0 aromatic heterocycles. The molecule has 14 heavy (non-hydrogen) atoms. The first kappa shape index (κ1) is 11.9. The van der Waals surface area contributed by atoms with Gasteiger partial charge in [0.05, 0.1) is 19.3 Å². The van der Waals surface area contributed by atoms with Crippen molar-refractivity contribution in [3.8, 4) is 0 Å². The molecule has 84 valence electrons. The lowest BCUT2D eigenvalue weighted by Crippen LogP contribution is -2.54. The number of rotatable bonds is 5. The van der Waals surface area contributed by atoms with Crippen LogP contribution in [0.25, 0.3) is 0 Å². The number of hydrogen-bond acceptors (Lipinski definition) is 4. The largest absolute Gasteiger partial charge is 0.394 e. The minimum Gasteiger partial charge on any atom is -0.394 e. The van der Waals surface area contributed by atoms with Crippen molar-refractivity contribution in [2.75, 3.05) is 33.5 Å². The molecule has 0 saturated carbocycles. The van der Waals surface area contributed by atoms with E-state index >= 15 is 0 Å². The van der Waals surface area contributed by atoms with Crippen molar-refractivity contribution in [3.05, 3.63) is 0 Å². The summed E-state index contributed by atoms with van der Waals surface area (Å²) >= 11 is 0. The summed E-state index contributed by atoms with van der Waals surface area (Å²) < 4.78 is 10.4. The highest BCUT2D eigenvalue weighted by Crippen LogP contribution is 2.24. The highest BCUT2D eigenvalue weighted by atomic mass is 16.5. The maximum Gasteiger partial charge on any atom is 0.0615 e. The quantitative estimate of drug-likeness (QED) is 0.625. The Morgan fingerprint density at radius 2 is 2.43 bits per heavy atom. The molecule has 0 spiro atoms. The van der Waals surface area contributed by atoms with Gasteiger partial charge in [0.15, 0.2) is 0 Å². The van der Waals surface area contributed by atoms with Crippen LogP contribution in [0.1, 0.15) is 19.8 Å². The molecule has 4 heteroatoms. The molecule has 2 unspecified atom stereocenters. The second kappa shape index (κ2) is 5.66. The van der Waals surface area contributed by atoms with Gasteiger partial charge in [0.1, 0.15) is 0 Å². The van der Waals surface area contributed by atoms with E-state index in [1.165, 1.54) is 0 Å². The van der Waals surface area contributed by atoms with Gasteiger partial charge in [-0.1, -0.05) is 0 Å². The van der Waals surface area contributed by atoms with Crippen molar-refractivity contribution in [2.45, 2.75) is 31.4 Å². The van der Waals surface area contributed by atoms with Crippen LogP contribution in [0.2, 0.25) is 0 Å². The molecule has 0 aromatic carbocycles. The Labute approximate surface area is 85.6 Å². The van der Waals surface area contributed by atoms with E-state index in [1.807, 2.05) is 6.92 Å². The van der Waals surface area contributed by atoms with Crippen molar-refractivity contribution in [3.63, 3.8) is 0 Å². The van der Waals surface area contributed by atoms with Crippen LogP contribution in [0.15, 0.2) is 0 Å². The van der Waals surface area contributed by atoms with Gasteiger partial charge in [-0.2, -0.15) is 0 Å². The molecule has 0 bridgehead atoms. The summed E-state index contributed by atoms with van der Waals surface area (Å²) in [6.07, 6.45) is 1.97. The van der Waals surface area contributed by atoms with Crippen molar-refractivity contribution >= 4 is 0 Å². The molecule has 1 saturated heterocycles. The van der Waals surface area contributed by atoms with Crippen molar-refractivity contribution in [1.29, 1.82) is 0 Å². The standard InChI is InChI=1S/C10H21NO3/c1-9-7-10(8-12,3-5-14-9)11-4-6-13-2/h9,11-12H,3-8H2,1-2H3. The molecular formula is C10H21NO3. The average molecular weight is 203 g/mol. The number of aliphatic hydroxyl groups excluding tert-OH is 1. The van der Waals surface area contributed by atoms with Crippen molar-refractivity contribution in [1.82, 2.24) is 5.32 Å². The predicted molar refractivity (Wildman–Crippen MR) is 54.3 cm³/mol. The molecule has 2 N–H and O–H groups in total. The van der Waals surface area contributed by atoms with Gasteiger partial charge in [-0.15, -0.1) is 0 Å². The molecule has 1 fully saturated rings. The molecule has 0 amide bonds. The lowest BCUT2D eigenvalue weighted by molar-refractivity contribution is -0.0372. The van der Waals surface area contributed by atoms with E-state index < -0.39 is 0 Å². The summed E-state index contributed by atoms with van der Waals surface area (Å²) in [5.74, 6) is 0. The van der Waals surface area contributed by atoms with Crippen molar-refractivity contribution in [2.24, 2.45) is 0 Å². The highest BCUT2D eigenvalue weighted by molar-refractivity contribution is 4.91. The minimum atomic E-state index is -0.157. The third-order valence-corrected chi connectivity index (χ3v) is 2.77. The van der Waals surface area contributed by atoms with Crippen molar-refractivity contribution < 1.29 is 14.6 Å². The molecule has 1 rings (SSSR count). The normalized spacial score (nSPS) is 33.2. The second-order valence-electron chi connectivity index (χ2n) is 3.99. The van der Waals surface area contributed by atoms with Crippen LogP contribution < -0.4 is 5.32 Å². The fourth-order valence-corrected chi connectivity index (χ4v) is 1.95. The maximum absolute atomic E-state index is 9.40. The molecule has 1 heterocycles. The number of ether oxygens (including phenoxy) is 2. The van der Waals surface area contributed by atoms with Crippen LogP contribution >= 0.6 is 0 Å². The SMILES string of the molecule is COCCNC1(CO)CCOC(C)C1. The topological polar surface area (TPSA) is 50.7 Å². The monoisotopic (exact) mass is 203 g/mol. The summed E-state index contributed by atoms with van der Waals surface area (Å²) in [6, 6.07) is 0. The maximum atomic E-state index is 9.40. The Morgan fingerprint density at radius 3 is 3.00 bits per heavy atom. The molecule has 1 aliphatic heterocycles. The molecule has 0 aromatic rings. The Kier molecular flexibility index (Phi) is 4.81. The third kappa shape index (κ3) is 3.20.